The Labute approximate surface area is 84.3 Å². The Morgan fingerprint density at radius 3 is 2.79 bits per heavy atom. The van der Waals surface area contributed by atoms with Crippen molar-refractivity contribution in [1.82, 2.24) is 4.98 Å². The van der Waals surface area contributed by atoms with Crippen LogP contribution in [0.25, 0.3) is 0 Å². The summed E-state index contributed by atoms with van der Waals surface area (Å²) in [5, 5.41) is 0. The Morgan fingerprint density at radius 1 is 1.50 bits per heavy atom. The second-order valence-corrected chi connectivity index (χ2v) is 4.12. The minimum atomic E-state index is 0.376. The summed E-state index contributed by atoms with van der Waals surface area (Å²) in [4.78, 5) is 4.13. The van der Waals surface area contributed by atoms with Crippen LogP contribution in [-0.2, 0) is 0 Å². The van der Waals surface area contributed by atoms with E-state index in [4.69, 9.17) is 10.5 Å². The molecule has 0 spiro atoms. The first-order valence-corrected chi connectivity index (χ1v) is 5.09. The fourth-order valence-corrected chi connectivity index (χ4v) is 1.25. The molecular weight excluding hydrogens is 176 g/mol. The monoisotopic (exact) mass is 192 g/mol. The van der Waals surface area contributed by atoms with Gasteiger partial charge in [0.05, 0.1) is 6.10 Å². The molecule has 1 aromatic heterocycles. The fraction of sp³-hybridized carbons (Fsp3) is 0.545. The smallest absolute Gasteiger partial charge is 0.166 e. The van der Waals surface area contributed by atoms with Crippen LogP contribution in [0.5, 0.6) is 5.75 Å². The SMILES string of the molecule is CC(C)c1cnc(N)c(OC2CC2)c1. The Morgan fingerprint density at radius 2 is 2.21 bits per heavy atom. The molecule has 0 bridgehead atoms. The molecule has 0 aromatic carbocycles. The summed E-state index contributed by atoms with van der Waals surface area (Å²) < 4.78 is 5.66. The van der Waals surface area contributed by atoms with E-state index < -0.39 is 0 Å². The van der Waals surface area contributed by atoms with E-state index in [1.54, 1.807) is 0 Å². The molecule has 0 amide bonds. The molecule has 1 aliphatic rings. The predicted octanol–water partition coefficient (Wildman–Crippen LogP) is 2.33. The molecule has 3 nitrogen and oxygen atoms in total. The number of anilines is 1. The number of ether oxygens (including phenoxy) is 1. The van der Waals surface area contributed by atoms with Crippen LogP contribution in [-0.4, -0.2) is 11.1 Å². The van der Waals surface area contributed by atoms with Crippen molar-refractivity contribution in [3.05, 3.63) is 17.8 Å². The number of pyridine rings is 1. The summed E-state index contributed by atoms with van der Waals surface area (Å²) in [6.07, 6.45) is 4.48. The molecular formula is C11H16N2O. The zero-order valence-corrected chi connectivity index (χ0v) is 8.66. The molecule has 0 unspecified atom stereocenters. The minimum Gasteiger partial charge on any atom is -0.487 e. The van der Waals surface area contributed by atoms with Gasteiger partial charge >= 0.3 is 0 Å². The standard InChI is InChI=1S/C11H16N2O/c1-7(2)8-5-10(11(12)13-6-8)14-9-3-4-9/h5-7,9H,3-4H2,1-2H3,(H2,12,13). The predicted molar refractivity (Wildman–Crippen MR) is 56.4 cm³/mol. The maximum Gasteiger partial charge on any atom is 0.166 e. The maximum atomic E-state index is 5.73. The first-order valence-electron chi connectivity index (χ1n) is 5.09. The molecule has 1 aliphatic carbocycles. The fourth-order valence-electron chi connectivity index (χ4n) is 1.25. The van der Waals surface area contributed by atoms with Gasteiger partial charge in [-0.15, -0.1) is 0 Å². The quantitative estimate of drug-likeness (QED) is 0.799. The van der Waals surface area contributed by atoms with Gasteiger partial charge in [-0.2, -0.15) is 0 Å². The maximum absolute atomic E-state index is 5.73. The van der Waals surface area contributed by atoms with E-state index >= 15 is 0 Å². The van der Waals surface area contributed by atoms with Crippen LogP contribution in [0.15, 0.2) is 12.3 Å². The molecule has 0 radical (unpaired) electrons. The van der Waals surface area contributed by atoms with Crippen molar-refractivity contribution in [3.63, 3.8) is 0 Å². The molecule has 76 valence electrons. The van der Waals surface area contributed by atoms with Crippen molar-refractivity contribution in [2.24, 2.45) is 0 Å². The minimum absolute atomic E-state index is 0.376. The number of nitrogens with zero attached hydrogens (tertiary/aromatic N) is 1. The van der Waals surface area contributed by atoms with Gasteiger partial charge in [0, 0.05) is 6.20 Å². The Hall–Kier alpha value is -1.25. The highest BCUT2D eigenvalue weighted by Crippen LogP contribution is 2.31. The third-order valence-corrected chi connectivity index (χ3v) is 2.39. The zero-order chi connectivity index (χ0) is 10.1. The molecule has 1 fully saturated rings. The van der Waals surface area contributed by atoms with E-state index in [-0.39, 0.29) is 0 Å². The molecule has 1 saturated carbocycles. The van der Waals surface area contributed by atoms with Crippen LogP contribution >= 0.6 is 0 Å². The topological polar surface area (TPSA) is 48.1 Å². The first-order chi connectivity index (χ1) is 6.66. The van der Waals surface area contributed by atoms with Crippen molar-refractivity contribution in [3.8, 4) is 5.75 Å². The average Bonchev–Trinajstić information content (AvgIpc) is 2.92. The van der Waals surface area contributed by atoms with E-state index in [1.165, 1.54) is 5.56 Å². The van der Waals surface area contributed by atoms with Crippen LogP contribution in [0.1, 0.15) is 38.2 Å². The van der Waals surface area contributed by atoms with Crippen LogP contribution < -0.4 is 10.5 Å². The number of rotatable bonds is 3. The van der Waals surface area contributed by atoms with Gasteiger partial charge in [-0.05, 0) is 30.4 Å². The molecule has 1 aromatic rings. The van der Waals surface area contributed by atoms with E-state index in [0.29, 0.717) is 17.8 Å². The third-order valence-electron chi connectivity index (χ3n) is 2.39. The van der Waals surface area contributed by atoms with Crippen molar-refractivity contribution in [2.45, 2.75) is 38.7 Å². The zero-order valence-electron chi connectivity index (χ0n) is 8.66. The lowest BCUT2D eigenvalue weighted by atomic mass is 10.1. The lowest BCUT2D eigenvalue weighted by Crippen LogP contribution is -2.03. The van der Waals surface area contributed by atoms with Crippen LogP contribution in [0.4, 0.5) is 5.82 Å². The van der Waals surface area contributed by atoms with E-state index in [0.717, 1.165) is 18.6 Å². The summed E-state index contributed by atoms with van der Waals surface area (Å²) >= 11 is 0. The van der Waals surface area contributed by atoms with Gasteiger partial charge in [-0.3, -0.25) is 0 Å². The summed E-state index contributed by atoms with van der Waals surface area (Å²) in [6.45, 7) is 4.27. The largest absolute Gasteiger partial charge is 0.487 e. The van der Waals surface area contributed by atoms with E-state index in [1.807, 2.05) is 12.3 Å². The number of nitrogen functional groups attached to an aromatic ring is 1. The van der Waals surface area contributed by atoms with Gasteiger partial charge in [-0.25, -0.2) is 4.98 Å². The highest BCUT2D eigenvalue weighted by atomic mass is 16.5. The van der Waals surface area contributed by atoms with E-state index in [9.17, 15) is 0 Å². The lowest BCUT2D eigenvalue weighted by Gasteiger charge is -2.10. The van der Waals surface area contributed by atoms with Crippen LogP contribution in [0.3, 0.4) is 0 Å². The second-order valence-electron chi connectivity index (χ2n) is 4.12. The molecule has 3 heteroatoms. The second kappa shape index (κ2) is 3.48. The van der Waals surface area contributed by atoms with Crippen molar-refractivity contribution in [1.29, 1.82) is 0 Å². The molecule has 14 heavy (non-hydrogen) atoms. The van der Waals surface area contributed by atoms with Gasteiger partial charge in [0.1, 0.15) is 0 Å². The number of nitrogens with two attached hydrogens (primary N) is 1. The highest BCUT2D eigenvalue weighted by molar-refractivity contribution is 5.47. The lowest BCUT2D eigenvalue weighted by molar-refractivity contribution is 0.303. The Bertz CT molecular complexity index is 332. The van der Waals surface area contributed by atoms with Gasteiger partial charge in [0.25, 0.3) is 0 Å². The first kappa shape index (κ1) is 9.31. The van der Waals surface area contributed by atoms with Gasteiger partial charge in [-0.1, -0.05) is 13.8 Å². The van der Waals surface area contributed by atoms with Gasteiger partial charge in [0.2, 0.25) is 0 Å². The molecule has 2 N–H and O–H groups in total. The van der Waals surface area contributed by atoms with Crippen molar-refractivity contribution in [2.75, 3.05) is 5.73 Å². The molecule has 0 saturated heterocycles. The molecule has 0 atom stereocenters. The van der Waals surface area contributed by atoms with Crippen LogP contribution in [0.2, 0.25) is 0 Å². The van der Waals surface area contributed by atoms with Crippen molar-refractivity contribution < 1.29 is 4.74 Å². The highest BCUT2D eigenvalue weighted by Gasteiger charge is 2.24. The summed E-state index contributed by atoms with van der Waals surface area (Å²) in [6, 6.07) is 2.01. The Balaban J connectivity index is 2.21. The summed E-state index contributed by atoms with van der Waals surface area (Å²) in [5.41, 5.74) is 6.91. The molecule has 0 aliphatic heterocycles. The number of hydrogen-bond acceptors (Lipinski definition) is 3. The van der Waals surface area contributed by atoms with E-state index in [2.05, 4.69) is 18.8 Å². The summed E-state index contributed by atoms with van der Waals surface area (Å²) in [5.74, 6) is 1.71. The molecule has 1 heterocycles. The number of aromatic nitrogens is 1. The average molecular weight is 192 g/mol. The number of hydrogen-bond donors (Lipinski definition) is 1. The van der Waals surface area contributed by atoms with Gasteiger partial charge < -0.3 is 10.5 Å². The third kappa shape index (κ3) is 1.97. The Kier molecular flexibility index (Phi) is 2.32. The van der Waals surface area contributed by atoms with Crippen molar-refractivity contribution >= 4 is 5.82 Å². The van der Waals surface area contributed by atoms with Gasteiger partial charge in [0.15, 0.2) is 11.6 Å². The normalized spacial score (nSPS) is 15.9. The summed E-state index contributed by atoms with van der Waals surface area (Å²) in [7, 11) is 0. The van der Waals surface area contributed by atoms with Crippen LogP contribution in [0, 0.1) is 0 Å². The molecule has 2 rings (SSSR count).